The monoisotopic (exact) mass is 500 g/mol. The van der Waals surface area contributed by atoms with Crippen molar-refractivity contribution in [1.82, 2.24) is 4.90 Å². The Balaban J connectivity index is 1.33. The summed E-state index contributed by atoms with van der Waals surface area (Å²) in [7, 11) is 0. The predicted octanol–water partition coefficient (Wildman–Crippen LogP) is 5.13. The second-order valence-corrected chi connectivity index (χ2v) is 9.45. The Labute approximate surface area is 197 Å². The van der Waals surface area contributed by atoms with E-state index in [-0.39, 0.29) is 17.9 Å². The topological polar surface area (TPSA) is 67.9 Å². The first-order chi connectivity index (χ1) is 15.5. The number of benzene rings is 2. The Kier molecular flexibility index (Phi) is 7.48. The fourth-order valence-electron chi connectivity index (χ4n) is 4.01. The summed E-state index contributed by atoms with van der Waals surface area (Å²) in [4.78, 5) is 27.3. The van der Waals surface area contributed by atoms with Gasteiger partial charge in [0.05, 0.1) is 10.6 Å². The van der Waals surface area contributed by atoms with Gasteiger partial charge in [0, 0.05) is 36.5 Å². The van der Waals surface area contributed by atoms with Crippen molar-refractivity contribution in [3.8, 4) is 5.75 Å². The van der Waals surface area contributed by atoms with Gasteiger partial charge in [0.25, 0.3) is 11.8 Å². The molecule has 2 aromatic rings. The third kappa shape index (κ3) is 5.70. The van der Waals surface area contributed by atoms with Crippen LogP contribution < -0.4 is 10.1 Å². The summed E-state index contributed by atoms with van der Waals surface area (Å²) >= 11 is 3.49. The molecule has 7 heteroatoms. The molecule has 0 bridgehead atoms. The van der Waals surface area contributed by atoms with E-state index in [1.165, 1.54) is 0 Å². The number of nitrogens with zero attached hydrogens (tertiary/aromatic N) is 1. The van der Waals surface area contributed by atoms with Crippen LogP contribution in [0.15, 0.2) is 46.9 Å². The molecule has 1 N–H and O–H groups in total. The number of rotatable bonds is 6. The van der Waals surface area contributed by atoms with Crippen LogP contribution in [0.25, 0.3) is 0 Å². The van der Waals surface area contributed by atoms with Crippen LogP contribution in [0.2, 0.25) is 0 Å². The number of ether oxygens (including phenoxy) is 2. The third-order valence-corrected chi connectivity index (χ3v) is 6.72. The number of nitrogens with one attached hydrogen (secondary N) is 1. The number of halogens is 1. The van der Waals surface area contributed by atoms with E-state index < -0.39 is 0 Å². The van der Waals surface area contributed by atoms with E-state index in [4.69, 9.17) is 9.47 Å². The minimum Gasteiger partial charge on any atom is -0.490 e. The lowest BCUT2D eigenvalue weighted by molar-refractivity contribution is 0.0676. The lowest BCUT2D eigenvalue weighted by Gasteiger charge is -2.30. The Hall–Kier alpha value is -2.38. The maximum absolute atomic E-state index is 12.7. The molecule has 6 nitrogen and oxygen atoms in total. The molecular weight excluding hydrogens is 472 g/mol. The molecule has 0 aromatic heterocycles. The summed E-state index contributed by atoms with van der Waals surface area (Å²) in [6.45, 7) is 5.14. The SMILES string of the molecule is CC1CCN(C(=O)c2ccc(NC(=O)c3ccc(OCC4CCCO4)c(Br)c3)cc2)CC1. The van der Waals surface area contributed by atoms with Crippen LogP contribution >= 0.6 is 15.9 Å². The number of piperidine rings is 1. The van der Waals surface area contributed by atoms with Crippen LogP contribution in [0.1, 0.15) is 53.3 Å². The van der Waals surface area contributed by atoms with Gasteiger partial charge in [-0.15, -0.1) is 0 Å². The van der Waals surface area contributed by atoms with E-state index in [2.05, 4.69) is 28.2 Å². The summed E-state index contributed by atoms with van der Waals surface area (Å²) in [5.41, 5.74) is 1.81. The fourth-order valence-corrected chi connectivity index (χ4v) is 4.50. The van der Waals surface area contributed by atoms with Gasteiger partial charge in [0.2, 0.25) is 0 Å². The minimum atomic E-state index is -0.222. The van der Waals surface area contributed by atoms with Crippen molar-refractivity contribution in [2.45, 2.75) is 38.7 Å². The van der Waals surface area contributed by atoms with Crippen molar-refractivity contribution < 1.29 is 19.1 Å². The molecule has 2 fully saturated rings. The first kappa shape index (κ1) is 22.8. The highest BCUT2D eigenvalue weighted by Crippen LogP contribution is 2.27. The molecule has 2 aromatic carbocycles. The number of hydrogen-bond donors (Lipinski definition) is 1. The minimum absolute atomic E-state index is 0.0531. The highest BCUT2D eigenvalue weighted by Gasteiger charge is 2.21. The number of hydrogen-bond acceptors (Lipinski definition) is 4. The van der Waals surface area contributed by atoms with E-state index in [0.29, 0.717) is 35.1 Å². The molecule has 0 aliphatic carbocycles. The molecule has 0 spiro atoms. The smallest absolute Gasteiger partial charge is 0.255 e. The molecule has 4 rings (SSSR count). The Morgan fingerprint density at radius 1 is 1.09 bits per heavy atom. The predicted molar refractivity (Wildman–Crippen MR) is 127 cm³/mol. The molecule has 2 saturated heterocycles. The average Bonchev–Trinajstić information content (AvgIpc) is 3.32. The van der Waals surface area contributed by atoms with Gasteiger partial charge >= 0.3 is 0 Å². The average molecular weight is 501 g/mol. The first-order valence-electron chi connectivity index (χ1n) is 11.2. The van der Waals surface area contributed by atoms with Crippen LogP contribution in [-0.2, 0) is 4.74 Å². The maximum atomic E-state index is 12.7. The van der Waals surface area contributed by atoms with Crippen molar-refractivity contribution in [3.05, 3.63) is 58.1 Å². The van der Waals surface area contributed by atoms with E-state index in [1.54, 1.807) is 42.5 Å². The fraction of sp³-hybridized carbons (Fsp3) is 0.440. The Morgan fingerprint density at radius 2 is 1.81 bits per heavy atom. The van der Waals surface area contributed by atoms with Gasteiger partial charge in [-0.05, 0) is 90.0 Å². The molecule has 2 heterocycles. The quantitative estimate of drug-likeness (QED) is 0.596. The zero-order valence-electron chi connectivity index (χ0n) is 18.3. The molecule has 2 aliphatic rings. The number of anilines is 1. The second-order valence-electron chi connectivity index (χ2n) is 8.60. The van der Waals surface area contributed by atoms with Crippen LogP contribution in [-0.4, -0.2) is 49.1 Å². The molecule has 1 unspecified atom stereocenters. The van der Waals surface area contributed by atoms with Gasteiger partial charge in [0.15, 0.2) is 0 Å². The molecule has 0 saturated carbocycles. The lowest BCUT2D eigenvalue weighted by atomic mass is 9.98. The lowest BCUT2D eigenvalue weighted by Crippen LogP contribution is -2.37. The highest BCUT2D eigenvalue weighted by molar-refractivity contribution is 9.10. The van der Waals surface area contributed by atoms with Crippen LogP contribution in [0, 0.1) is 5.92 Å². The summed E-state index contributed by atoms with van der Waals surface area (Å²) in [6, 6.07) is 12.4. The standard InChI is InChI=1S/C25H29BrN2O4/c1-17-10-12-28(13-11-17)25(30)18-4-7-20(8-5-18)27-24(29)19-6-9-23(22(26)15-19)32-16-21-3-2-14-31-21/h4-9,15,17,21H,2-3,10-14,16H2,1H3,(H,27,29). The molecule has 32 heavy (non-hydrogen) atoms. The van der Waals surface area contributed by atoms with Gasteiger partial charge in [-0.1, -0.05) is 6.92 Å². The zero-order valence-corrected chi connectivity index (χ0v) is 19.9. The molecule has 1 atom stereocenters. The summed E-state index contributed by atoms with van der Waals surface area (Å²) < 4.78 is 12.1. The van der Waals surface area contributed by atoms with Gasteiger partial charge in [-0.2, -0.15) is 0 Å². The van der Waals surface area contributed by atoms with Gasteiger partial charge in [-0.25, -0.2) is 0 Å². The zero-order chi connectivity index (χ0) is 22.5. The van der Waals surface area contributed by atoms with E-state index in [9.17, 15) is 9.59 Å². The molecule has 170 valence electrons. The highest BCUT2D eigenvalue weighted by atomic mass is 79.9. The van der Waals surface area contributed by atoms with Crippen LogP contribution in [0.4, 0.5) is 5.69 Å². The van der Waals surface area contributed by atoms with Gasteiger partial charge in [0.1, 0.15) is 12.4 Å². The Bertz CT molecular complexity index is 949. The van der Waals surface area contributed by atoms with Crippen LogP contribution in [0.3, 0.4) is 0 Å². The maximum Gasteiger partial charge on any atom is 0.255 e. The number of likely N-dealkylation sites (tertiary alicyclic amines) is 1. The number of carbonyl (C=O) groups excluding carboxylic acids is 2. The van der Waals surface area contributed by atoms with E-state index >= 15 is 0 Å². The van der Waals surface area contributed by atoms with Crippen molar-refractivity contribution >= 4 is 33.4 Å². The second kappa shape index (κ2) is 10.5. The van der Waals surface area contributed by atoms with Gasteiger partial charge < -0.3 is 19.7 Å². The largest absolute Gasteiger partial charge is 0.490 e. The van der Waals surface area contributed by atoms with Crippen molar-refractivity contribution in [1.29, 1.82) is 0 Å². The first-order valence-corrected chi connectivity index (χ1v) is 12.0. The number of carbonyl (C=O) groups is 2. The molecule has 2 amide bonds. The molecule has 0 radical (unpaired) electrons. The van der Waals surface area contributed by atoms with Crippen molar-refractivity contribution in [3.63, 3.8) is 0 Å². The summed E-state index contributed by atoms with van der Waals surface area (Å²) in [5.74, 6) is 1.20. The molecular formula is C25H29BrN2O4. The summed E-state index contributed by atoms with van der Waals surface area (Å²) in [5, 5.41) is 2.89. The van der Waals surface area contributed by atoms with Crippen molar-refractivity contribution in [2.24, 2.45) is 5.92 Å². The van der Waals surface area contributed by atoms with Gasteiger partial charge in [-0.3, -0.25) is 9.59 Å². The molecule has 2 aliphatic heterocycles. The normalized spacial score (nSPS) is 19.1. The van der Waals surface area contributed by atoms with Crippen LogP contribution in [0.5, 0.6) is 5.75 Å². The summed E-state index contributed by atoms with van der Waals surface area (Å²) in [6.07, 6.45) is 4.32. The van der Waals surface area contributed by atoms with E-state index in [0.717, 1.165) is 49.9 Å². The number of amides is 2. The van der Waals surface area contributed by atoms with Crippen molar-refractivity contribution in [2.75, 3.05) is 31.6 Å². The Morgan fingerprint density at radius 3 is 2.47 bits per heavy atom. The van der Waals surface area contributed by atoms with E-state index in [1.807, 2.05) is 4.90 Å². The third-order valence-electron chi connectivity index (χ3n) is 6.10.